The number of thioether (sulfide) groups is 1. The van der Waals surface area contributed by atoms with Crippen LogP contribution in [0.3, 0.4) is 0 Å². The number of carbonyl (C=O) groups is 1. The molecule has 0 bridgehead atoms. The van der Waals surface area contributed by atoms with Crippen molar-refractivity contribution in [1.82, 2.24) is 0 Å². The summed E-state index contributed by atoms with van der Waals surface area (Å²) in [5.74, 6) is 1.70. The maximum Gasteiger partial charge on any atom is 0.182 e. The minimum Gasteiger partial charge on any atom is -0.292 e. The molecule has 3 heteroatoms. The molecule has 88 valence electrons. The largest absolute Gasteiger partial charge is 0.292 e. The van der Waals surface area contributed by atoms with Crippen LogP contribution in [0, 0.1) is 6.92 Å². The molecule has 0 aliphatic carbocycles. The third kappa shape index (κ3) is 3.72. The quantitative estimate of drug-likeness (QED) is 0.752. The fourth-order valence-corrected chi connectivity index (χ4v) is 3.19. The number of carbonyl (C=O) groups excluding carboxylic acids is 1. The maximum atomic E-state index is 11.8. The van der Waals surface area contributed by atoms with E-state index in [1.807, 2.05) is 17.5 Å². The van der Waals surface area contributed by atoms with E-state index in [2.05, 4.69) is 31.2 Å². The molecule has 0 fully saturated rings. The monoisotopic (exact) mass is 262 g/mol. The molecular weight excluding hydrogens is 248 g/mol. The van der Waals surface area contributed by atoms with Gasteiger partial charge in [-0.15, -0.1) is 23.1 Å². The standard InChI is InChI=1S/C14H14OS2/c1-11-4-2-5-12(8-11)9-16-10-13(15)14-6-3-7-17-14/h2-8H,9-10H2,1H3. The number of ketones is 1. The summed E-state index contributed by atoms with van der Waals surface area (Å²) in [6.07, 6.45) is 0. The number of Topliss-reactive ketones (excluding diaryl/α,β-unsaturated/α-hetero) is 1. The predicted octanol–water partition coefficient (Wildman–Crippen LogP) is 4.17. The van der Waals surface area contributed by atoms with Gasteiger partial charge in [0, 0.05) is 5.75 Å². The Hall–Kier alpha value is -1.06. The first kappa shape index (κ1) is 12.4. The van der Waals surface area contributed by atoms with E-state index >= 15 is 0 Å². The Balaban J connectivity index is 1.82. The summed E-state index contributed by atoms with van der Waals surface area (Å²) in [6.45, 7) is 2.09. The van der Waals surface area contributed by atoms with Gasteiger partial charge in [-0.1, -0.05) is 35.9 Å². The lowest BCUT2D eigenvalue weighted by molar-refractivity contribution is 0.102. The van der Waals surface area contributed by atoms with Crippen molar-refractivity contribution < 1.29 is 4.79 Å². The van der Waals surface area contributed by atoms with E-state index in [4.69, 9.17) is 0 Å². The summed E-state index contributed by atoms with van der Waals surface area (Å²) in [5.41, 5.74) is 2.56. The highest BCUT2D eigenvalue weighted by atomic mass is 32.2. The number of hydrogen-bond acceptors (Lipinski definition) is 3. The molecule has 0 aliphatic rings. The van der Waals surface area contributed by atoms with Crippen LogP contribution < -0.4 is 0 Å². The van der Waals surface area contributed by atoms with Gasteiger partial charge in [0.15, 0.2) is 5.78 Å². The molecule has 2 aromatic rings. The molecule has 1 aromatic carbocycles. The molecule has 0 unspecified atom stereocenters. The third-order valence-electron chi connectivity index (χ3n) is 2.38. The van der Waals surface area contributed by atoms with Crippen molar-refractivity contribution in [1.29, 1.82) is 0 Å². The zero-order valence-corrected chi connectivity index (χ0v) is 11.3. The lowest BCUT2D eigenvalue weighted by Gasteiger charge is -2.02. The zero-order valence-electron chi connectivity index (χ0n) is 9.68. The summed E-state index contributed by atoms with van der Waals surface area (Å²) >= 11 is 3.20. The minimum atomic E-state index is 0.234. The van der Waals surface area contributed by atoms with Crippen molar-refractivity contribution in [3.63, 3.8) is 0 Å². The van der Waals surface area contributed by atoms with Gasteiger partial charge in [-0.05, 0) is 23.9 Å². The maximum absolute atomic E-state index is 11.8. The van der Waals surface area contributed by atoms with Crippen molar-refractivity contribution in [2.75, 3.05) is 5.75 Å². The Labute approximate surface area is 110 Å². The number of hydrogen-bond donors (Lipinski definition) is 0. The number of benzene rings is 1. The first-order chi connectivity index (χ1) is 8.25. The van der Waals surface area contributed by atoms with E-state index in [-0.39, 0.29) is 5.78 Å². The molecule has 2 rings (SSSR count). The number of rotatable bonds is 5. The lowest BCUT2D eigenvalue weighted by atomic mass is 10.2. The molecule has 1 heterocycles. The fourth-order valence-electron chi connectivity index (χ4n) is 1.57. The van der Waals surface area contributed by atoms with Gasteiger partial charge in [0.05, 0.1) is 10.6 Å². The second-order valence-electron chi connectivity index (χ2n) is 3.88. The average Bonchev–Trinajstić information content (AvgIpc) is 2.82. The molecule has 0 N–H and O–H groups in total. The summed E-state index contributed by atoms with van der Waals surface area (Å²) in [6, 6.07) is 12.2. The Morgan fingerprint density at radius 2 is 2.18 bits per heavy atom. The van der Waals surface area contributed by atoms with Gasteiger partial charge in [-0.2, -0.15) is 0 Å². The van der Waals surface area contributed by atoms with Crippen LogP contribution >= 0.6 is 23.1 Å². The summed E-state index contributed by atoms with van der Waals surface area (Å²) in [5, 5.41) is 1.94. The van der Waals surface area contributed by atoms with Crippen LogP contribution in [-0.2, 0) is 5.75 Å². The molecule has 0 amide bonds. The minimum absolute atomic E-state index is 0.234. The van der Waals surface area contributed by atoms with Gasteiger partial charge < -0.3 is 0 Å². The van der Waals surface area contributed by atoms with Crippen molar-refractivity contribution in [3.05, 3.63) is 57.8 Å². The topological polar surface area (TPSA) is 17.1 Å². The Morgan fingerprint density at radius 3 is 2.88 bits per heavy atom. The molecule has 17 heavy (non-hydrogen) atoms. The second-order valence-corrected chi connectivity index (χ2v) is 5.82. The highest BCUT2D eigenvalue weighted by Gasteiger charge is 2.06. The highest BCUT2D eigenvalue weighted by Crippen LogP contribution is 2.17. The van der Waals surface area contributed by atoms with Gasteiger partial charge in [-0.25, -0.2) is 0 Å². The van der Waals surface area contributed by atoms with Crippen molar-refractivity contribution >= 4 is 28.9 Å². The van der Waals surface area contributed by atoms with Crippen LogP contribution in [-0.4, -0.2) is 11.5 Å². The van der Waals surface area contributed by atoms with Gasteiger partial charge in [0.1, 0.15) is 0 Å². The Kier molecular flexibility index (Phi) is 4.40. The molecule has 0 saturated carbocycles. The van der Waals surface area contributed by atoms with E-state index in [0.29, 0.717) is 5.75 Å². The molecule has 1 aromatic heterocycles. The first-order valence-corrected chi connectivity index (χ1v) is 7.49. The molecule has 0 saturated heterocycles. The van der Waals surface area contributed by atoms with Crippen molar-refractivity contribution in [2.24, 2.45) is 0 Å². The SMILES string of the molecule is Cc1cccc(CSCC(=O)c2cccs2)c1. The number of thiophene rings is 1. The first-order valence-electron chi connectivity index (χ1n) is 5.46. The molecule has 0 aliphatic heterocycles. The van der Waals surface area contributed by atoms with Crippen LogP contribution in [0.5, 0.6) is 0 Å². The van der Waals surface area contributed by atoms with E-state index in [0.717, 1.165) is 10.6 Å². The molecular formula is C14H14OS2. The summed E-state index contributed by atoms with van der Waals surface area (Å²) < 4.78 is 0. The third-order valence-corrected chi connectivity index (χ3v) is 4.30. The fraction of sp³-hybridized carbons (Fsp3) is 0.214. The van der Waals surface area contributed by atoms with Crippen LogP contribution in [0.15, 0.2) is 41.8 Å². The summed E-state index contributed by atoms with van der Waals surface area (Å²) in [7, 11) is 0. The van der Waals surface area contributed by atoms with Crippen LogP contribution in [0.1, 0.15) is 20.8 Å². The Morgan fingerprint density at radius 1 is 1.29 bits per heavy atom. The van der Waals surface area contributed by atoms with Crippen LogP contribution in [0.4, 0.5) is 0 Å². The molecule has 0 spiro atoms. The highest BCUT2D eigenvalue weighted by molar-refractivity contribution is 7.99. The van der Waals surface area contributed by atoms with Crippen molar-refractivity contribution in [3.8, 4) is 0 Å². The Bertz CT molecular complexity index is 489. The van der Waals surface area contributed by atoms with Gasteiger partial charge in [-0.3, -0.25) is 4.79 Å². The predicted molar refractivity (Wildman–Crippen MR) is 76.0 cm³/mol. The molecule has 1 nitrogen and oxygen atoms in total. The molecule has 0 radical (unpaired) electrons. The second kappa shape index (κ2) is 6.03. The normalized spacial score (nSPS) is 10.4. The zero-order chi connectivity index (χ0) is 12.1. The molecule has 0 atom stereocenters. The van der Waals surface area contributed by atoms with Crippen LogP contribution in [0.2, 0.25) is 0 Å². The van der Waals surface area contributed by atoms with E-state index < -0.39 is 0 Å². The lowest BCUT2D eigenvalue weighted by Crippen LogP contribution is -1.99. The van der Waals surface area contributed by atoms with Gasteiger partial charge in [0.25, 0.3) is 0 Å². The summed E-state index contributed by atoms with van der Waals surface area (Å²) in [4.78, 5) is 12.6. The van der Waals surface area contributed by atoms with Gasteiger partial charge >= 0.3 is 0 Å². The smallest absolute Gasteiger partial charge is 0.182 e. The van der Waals surface area contributed by atoms with Crippen LogP contribution in [0.25, 0.3) is 0 Å². The van der Waals surface area contributed by atoms with E-state index in [1.165, 1.54) is 22.5 Å². The van der Waals surface area contributed by atoms with E-state index in [1.54, 1.807) is 11.8 Å². The van der Waals surface area contributed by atoms with Gasteiger partial charge in [0.2, 0.25) is 0 Å². The van der Waals surface area contributed by atoms with E-state index in [9.17, 15) is 4.79 Å². The number of aryl methyl sites for hydroxylation is 1. The van der Waals surface area contributed by atoms with Crippen molar-refractivity contribution in [2.45, 2.75) is 12.7 Å². The average molecular weight is 262 g/mol.